The number of rotatable bonds is 9. The smallest absolute Gasteiger partial charge is 0.253 e. The number of nitrogens with one attached hydrogen (secondary N) is 2. The Balaban J connectivity index is 1.31. The van der Waals surface area contributed by atoms with Gasteiger partial charge in [-0.2, -0.15) is 0 Å². The van der Waals surface area contributed by atoms with Crippen molar-refractivity contribution < 1.29 is 18.7 Å². The fraction of sp³-hybridized carbons (Fsp3) is 0.125. The van der Waals surface area contributed by atoms with Crippen molar-refractivity contribution in [2.24, 2.45) is 0 Å². The number of benzene rings is 2. The van der Waals surface area contributed by atoms with Crippen LogP contribution in [0.4, 0.5) is 5.69 Å². The van der Waals surface area contributed by atoms with Crippen molar-refractivity contribution in [3.05, 3.63) is 99.4 Å². The highest BCUT2D eigenvalue weighted by molar-refractivity contribution is 7.09. The molecule has 0 unspecified atom stereocenters. The number of carbonyl (C=O) groups excluding carboxylic acids is 2. The van der Waals surface area contributed by atoms with E-state index in [2.05, 4.69) is 15.6 Å². The molecule has 33 heavy (non-hydrogen) atoms. The van der Waals surface area contributed by atoms with Gasteiger partial charge in [-0.05, 0) is 48.5 Å². The Morgan fingerprint density at radius 2 is 1.88 bits per heavy atom. The van der Waals surface area contributed by atoms with Crippen LogP contribution in [0.3, 0.4) is 0 Å². The number of nitrogens with zero attached hydrogens (tertiary/aromatic N) is 1. The van der Waals surface area contributed by atoms with E-state index in [1.807, 2.05) is 5.38 Å². The van der Waals surface area contributed by atoms with Gasteiger partial charge < -0.3 is 19.8 Å². The summed E-state index contributed by atoms with van der Waals surface area (Å²) < 4.78 is 10.9. The maximum absolute atomic E-state index is 12.6. The zero-order valence-corrected chi connectivity index (χ0v) is 19.0. The van der Waals surface area contributed by atoms with E-state index in [1.54, 1.807) is 66.9 Å². The van der Waals surface area contributed by atoms with E-state index >= 15 is 0 Å². The third-order valence-corrected chi connectivity index (χ3v) is 5.69. The standard InChI is InChI=1S/C24H20ClN3O4S/c25-16-7-9-18(10-8-16)32-14-23-27-17(15-33-23)12-22(29)28-21-6-2-1-5-20(21)24(30)26-13-19-4-3-11-31-19/h1-11,15H,12-14H2,(H,26,30)(H,28,29). The van der Waals surface area contributed by atoms with Crippen molar-refractivity contribution in [1.82, 2.24) is 10.3 Å². The monoisotopic (exact) mass is 481 g/mol. The molecule has 7 nitrogen and oxygen atoms in total. The molecule has 0 fully saturated rings. The first-order valence-corrected chi connectivity index (χ1v) is 11.3. The summed E-state index contributed by atoms with van der Waals surface area (Å²) in [5, 5.41) is 8.80. The van der Waals surface area contributed by atoms with Crippen LogP contribution in [0.5, 0.6) is 5.75 Å². The van der Waals surface area contributed by atoms with Crippen molar-refractivity contribution in [3.8, 4) is 5.75 Å². The maximum Gasteiger partial charge on any atom is 0.253 e. The summed E-state index contributed by atoms with van der Waals surface area (Å²) in [5.41, 5.74) is 1.43. The van der Waals surface area contributed by atoms with Crippen molar-refractivity contribution in [2.45, 2.75) is 19.6 Å². The van der Waals surface area contributed by atoms with Crippen LogP contribution in [0.2, 0.25) is 5.02 Å². The fourth-order valence-corrected chi connectivity index (χ4v) is 3.83. The third kappa shape index (κ3) is 6.44. The zero-order chi connectivity index (χ0) is 23.0. The molecular weight excluding hydrogens is 462 g/mol. The molecule has 2 N–H and O–H groups in total. The first-order chi connectivity index (χ1) is 16.1. The molecular formula is C24H20ClN3O4S. The molecule has 0 atom stereocenters. The van der Waals surface area contributed by atoms with Gasteiger partial charge in [0.1, 0.15) is 23.1 Å². The Labute approximate surface area is 199 Å². The summed E-state index contributed by atoms with van der Waals surface area (Å²) in [6, 6.07) is 17.4. The molecule has 0 saturated heterocycles. The van der Waals surface area contributed by atoms with E-state index in [0.717, 1.165) is 5.01 Å². The topological polar surface area (TPSA) is 93.5 Å². The largest absolute Gasteiger partial charge is 0.486 e. The van der Waals surface area contributed by atoms with E-state index < -0.39 is 0 Å². The molecule has 2 aromatic carbocycles. The lowest BCUT2D eigenvalue weighted by atomic mass is 10.1. The van der Waals surface area contributed by atoms with Crippen LogP contribution in [0.1, 0.15) is 26.8 Å². The molecule has 2 heterocycles. The molecule has 0 aliphatic rings. The second-order valence-corrected chi connectivity index (χ2v) is 8.39. The quantitative estimate of drug-likeness (QED) is 0.347. The third-order valence-electron chi connectivity index (χ3n) is 4.57. The van der Waals surface area contributed by atoms with Gasteiger partial charge >= 0.3 is 0 Å². The summed E-state index contributed by atoms with van der Waals surface area (Å²) in [4.78, 5) is 29.6. The van der Waals surface area contributed by atoms with Gasteiger partial charge in [-0.1, -0.05) is 23.7 Å². The van der Waals surface area contributed by atoms with Gasteiger partial charge in [0.05, 0.1) is 36.2 Å². The molecule has 2 aromatic heterocycles. The highest BCUT2D eigenvalue weighted by atomic mass is 35.5. The second kappa shape index (κ2) is 10.8. The minimum absolute atomic E-state index is 0.0831. The van der Waals surface area contributed by atoms with E-state index in [0.29, 0.717) is 40.1 Å². The normalized spacial score (nSPS) is 10.6. The number of amides is 2. The molecule has 168 valence electrons. The average Bonchev–Trinajstić information content (AvgIpc) is 3.49. The number of furan rings is 1. The molecule has 2 amide bonds. The number of carbonyl (C=O) groups is 2. The maximum atomic E-state index is 12.6. The van der Waals surface area contributed by atoms with Crippen molar-refractivity contribution >= 4 is 40.4 Å². The number of para-hydroxylation sites is 1. The lowest BCUT2D eigenvalue weighted by Crippen LogP contribution is -2.25. The molecule has 4 rings (SSSR count). The molecule has 0 spiro atoms. The summed E-state index contributed by atoms with van der Waals surface area (Å²) in [7, 11) is 0. The minimum Gasteiger partial charge on any atom is -0.486 e. The van der Waals surface area contributed by atoms with Crippen molar-refractivity contribution in [2.75, 3.05) is 5.32 Å². The van der Waals surface area contributed by atoms with Gasteiger partial charge in [0.25, 0.3) is 5.91 Å². The van der Waals surface area contributed by atoms with Gasteiger partial charge in [0.2, 0.25) is 5.91 Å². The van der Waals surface area contributed by atoms with Crippen LogP contribution in [0.15, 0.2) is 76.7 Å². The van der Waals surface area contributed by atoms with Crippen molar-refractivity contribution in [3.63, 3.8) is 0 Å². The van der Waals surface area contributed by atoms with E-state index in [4.69, 9.17) is 20.8 Å². The molecule has 9 heteroatoms. The lowest BCUT2D eigenvalue weighted by molar-refractivity contribution is -0.115. The molecule has 0 aliphatic heterocycles. The van der Waals surface area contributed by atoms with Gasteiger partial charge in [-0.3, -0.25) is 9.59 Å². The number of anilines is 1. The Morgan fingerprint density at radius 3 is 2.67 bits per heavy atom. The molecule has 0 saturated carbocycles. The van der Waals surface area contributed by atoms with Crippen LogP contribution in [0, 0.1) is 0 Å². The number of thiazole rings is 1. The van der Waals surface area contributed by atoms with Gasteiger partial charge in [0, 0.05) is 10.4 Å². The predicted molar refractivity (Wildman–Crippen MR) is 127 cm³/mol. The van der Waals surface area contributed by atoms with Gasteiger partial charge in [-0.15, -0.1) is 11.3 Å². The number of aromatic nitrogens is 1. The predicted octanol–water partition coefficient (Wildman–Crippen LogP) is 5.08. The highest BCUT2D eigenvalue weighted by Crippen LogP contribution is 2.19. The second-order valence-electron chi connectivity index (χ2n) is 7.01. The van der Waals surface area contributed by atoms with E-state index in [9.17, 15) is 9.59 Å². The fourth-order valence-electron chi connectivity index (χ4n) is 3.00. The Kier molecular flexibility index (Phi) is 7.39. The molecule has 0 bridgehead atoms. The lowest BCUT2D eigenvalue weighted by Gasteiger charge is -2.10. The Morgan fingerprint density at radius 1 is 1.06 bits per heavy atom. The summed E-state index contributed by atoms with van der Waals surface area (Å²) in [6.45, 7) is 0.556. The number of hydrogen-bond donors (Lipinski definition) is 2. The summed E-state index contributed by atoms with van der Waals surface area (Å²) in [5.74, 6) is 0.759. The summed E-state index contributed by atoms with van der Waals surface area (Å²) in [6.07, 6.45) is 1.63. The SMILES string of the molecule is O=C(Cc1csc(COc2ccc(Cl)cc2)n1)Nc1ccccc1C(=O)NCc1ccco1. The molecule has 0 radical (unpaired) electrons. The van der Waals surface area contributed by atoms with Gasteiger partial charge in [-0.25, -0.2) is 4.98 Å². The van der Waals surface area contributed by atoms with Crippen LogP contribution < -0.4 is 15.4 Å². The van der Waals surface area contributed by atoms with E-state index in [1.165, 1.54) is 11.3 Å². The first kappa shape index (κ1) is 22.6. The van der Waals surface area contributed by atoms with Crippen LogP contribution in [-0.4, -0.2) is 16.8 Å². The minimum atomic E-state index is -0.308. The average molecular weight is 482 g/mol. The van der Waals surface area contributed by atoms with Crippen molar-refractivity contribution in [1.29, 1.82) is 0 Å². The summed E-state index contributed by atoms with van der Waals surface area (Å²) >= 11 is 7.29. The molecule has 0 aliphatic carbocycles. The molecule has 4 aromatic rings. The van der Waals surface area contributed by atoms with Crippen LogP contribution >= 0.6 is 22.9 Å². The Hall–Kier alpha value is -3.62. The number of halogens is 1. The zero-order valence-electron chi connectivity index (χ0n) is 17.4. The first-order valence-electron chi connectivity index (χ1n) is 10.1. The number of hydrogen-bond acceptors (Lipinski definition) is 6. The van der Waals surface area contributed by atoms with Crippen LogP contribution in [-0.2, 0) is 24.4 Å². The van der Waals surface area contributed by atoms with E-state index in [-0.39, 0.29) is 24.8 Å². The van der Waals surface area contributed by atoms with Gasteiger partial charge in [0.15, 0.2) is 0 Å². The number of ether oxygens (including phenoxy) is 1. The Bertz CT molecular complexity index is 1220. The van der Waals surface area contributed by atoms with Crippen LogP contribution in [0.25, 0.3) is 0 Å². The highest BCUT2D eigenvalue weighted by Gasteiger charge is 2.15.